The molecule has 0 bridgehead atoms. The maximum Gasteiger partial charge on any atom is 0.170 e. The van der Waals surface area contributed by atoms with Crippen molar-refractivity contribution in [1.82, 2.24) is 25.5 Å². The molecular formula is C15H15N5. The van der Waals surface area contributed by atoms with Gasteiger partial charge >= 0.3 is 0 Å². The second-order valence-corrected chi connectivity index (χ2v) is 4.42. The fourth-order valence-electron chi connectivity index (χ4n) is 2.18. The van der Waals surface area contributed by atoms with Crippen molar-refractivity contribution in [2.75, 3.05) is 7.05 Å². The van der Waals surface area contributed by atoms with Gasteiger partial charge in [-0.25, -0.2) is 0 Å². The van der Waals surface area contributed by atoms with Crippen molar-refractivity contribution in [2.24, 2.45) is 0 Å². The maximum absolute atomic E-state index is 4.11. The zero-order valence-electron chi connectivity index (χ0n) is 11.2. The van der Waals surface area contributed by atoms with E-state index in [2.05, 4.69) is 39.0 Å². The zero-order chi connectivity index (χ0) is 13.8. The molecule has 1 heterocycles. The van der Waals surface area contributed by atoms with E-state index in [0.717, 1.165) is 22.6 Å². The van der Waals surface area contributed by atoms with Crippen molar-refractivity contribution in [2.45, 2.75) is 6.54 Å². The van der Waals surface area contributed by atoms with Gasteiger partial charge in [0, 0.05) is 5.56 Å². The van der Waals surface area contributed by atoms with Gasteiger partial charge in [-0.3, -0.25) is 0 Å². The average Bonchev–Trinajstić information content (AvgIpc) is 2.97. The van der Waals surface area contributed by atoms with Crippen molar-refractivity contribution in [1.29, 1.82) is 0 Å². The summed E-state index contributed by atoms with van der Waals surface area (Å²) < 4.78 is 1.78. The third-order valence-corrected chi connectivity index (χ3v) is 3.09. The first-order chi connectivity index (χ1) is 9.90. The molecule has 0 amide bonds. The Labute approximate surface area is 117 Å². The Bertz CT molecular complexity index is 690. The van der Waals surface area contributed by atoms with Crippen LogP contribution in [0, 0.1) is 0 Å². The average molecular weight is 265 g/mol. The van der Waals surface area contributed by atoms with Crippen LogP contribution in [0.15, 0.2) is 54.6 Å². The first-order valence-electron chi connectivity index (χ1n) is 6.47. The third kappa shape index (κ3) is 2.31. The maximum atomic E-state index is 4.11. The van der Waals surface area contributed by atoms with Crippen LogP contribution in [-0.2, 0) is 6.54 Å². The monoisotopic (exact) mass is 265 g/mol. The highest BCUT2D eigenvalue weighted by Crippen LogP contribution is 2.26. The molecule has 2 aromatic carbocycles. The summed E-state index contributed by atoms with van der Waals surface area (Å²) in [5.41, 5.74) is 3.24. The van der Waals surface area contributed by atoms with Gasteiger partial charge in [0.25, 0.3) is 0 Å². The lowest BCUT2D eigenvalue weighted by Crippen LogP contribution is -2.12. The zero-order valence-corrected chi connectivity index (χ0v) is 11.2. The van der Waals surface area contributed by atoms with Gasteiger partial charge < -0.3 is 5.32 Å². The Kier molecular flexibility index (Phi) is 3.52. The number of para-hydroxylation sites is 1. The van der Waals surface area contributed by atoms with E-state index in [-0.39, 0.29) is 0 Å². The number of aromatic nitrogens is 4. The number of rotatable bonds is 4. The van der Waals surface area contributed by atoms with E-state index < -0.39 is 0 Å². The van der Waals surface area contributed by atoms with Gasteiger partial charge in [0.05, 0.1) is 12.2 Å². The predicted molar refractivity (Wildman–Crippen MR) is 77.4 cm³/mol. The third-order valence-electron chi connectivity index (χ3n) is 3.09. The van der Waals surface area contributed by atoms with Gasteiger partial charge in [-0.15, -0.1) is 5.10 Å². The van der Waals surface area contributed by atoms with Crippen LogP contribution in [0.1, 0.15) is 5.82 Å². The molecule has 20 heavy (non-hydrogen) atoms. The van der Waals surface area contributed by atoms with Crippen molar-refractivity contribution < 1.29 is 0 Å². The lowest BCUT2D eigenvalue weighted by molar-refractivity contribution is 0.709. The molecule has 5 heteroatoms. The van der Waals surface area contributed by atoms with Gasteiger partial charge in [0.15, 0.2) is 5.82 Å². The van der Waals surface area contributed by atoms with Crippen LogP contribution < -0.4 is 5.32 Å². The molecule has 3 rings (SSSR count). The minimum atomic E-state index is 0.621. The van der Waals surface area contributed by atoms with Crippen molar-refractivity contribution in [3.63, 3.8) is 0 Å². The van der Waals surface area contributed by atoms with Crippen LogP contribution in [0.3, 0.4) is 0 Å². The fourth-order valence-corrected chi connectivity index (χ4v) is 2.18. The molecule has 0 aliphatic rings. The summed E-state index contributed by atoms with van der Waals surface area (Å²) in [7, 11) is 1.88. The number of nitrogens with one attached hydrogen (secondary N) is 1. The number of tetrazole rings is 1. The number of nitrogens with zero attached hydrogens (tertiary/aromatic N) is 4. The molecule has 0 unspecified atom stereocenters. The molecule has 5 nitrogen and oxygen atoms in total. The fraction of sp³-hybridized carbons (Fsp3) is 0.133. The summed E-state index contributed by atoms with van der Waals surface area (Å²) in [6.07, 6.45) is 0. The topological polar surface area (TPSA) is 55.6 Å². The molecule has 0 radical (unpaired) electrons. The second kappa shape index (κ2) is 5.63. The van der Waals surface area contributed by atoms with Crippen LogP contribution in [0.25, 0.3) is 16.8 Å². The molecule has 1 aromatic heterocycles. The van der Waals surface area contributed by atoms with Gasteiger partial charge in [0.2, 0.25) is 0 Å². The van der Waals surface area contributed by atoms with E-state index in [1.165, 1.54) is 0 Å². The minimum absolute atomic E-state index is 0.621. The summed E-state index contributed by atoms with van der Waals surface area (Å²) >= 11 is 0. The van der Waals surface area contributed by atoms with Crippen LogP contribution in [-0.4, -0.2) is 27.3 Å². The minimum Gasteiger partial charge on any atom is -0.313 e. The van der Waals surface area contributed by atoms with Gasteiger partial charge in [-0.2, -0.15) is 4.68 Å². The lowest BCUT2D eigenvalue weighted by Gasteiger charge is -2.10. The van der Waals surface area contributed by atoms with Crippen molar-refractivity contribution >= 4 is 0 Å². The Morgan fingerprint density at radius 3 is 2.55 bits per heavy atom. The quantitative estimate of drug-likeness (QED) is 0.784. The highest BCUT2D eigenvalue weighted by molar-refractivity contribution is 5.72. The van der Waals surface area contributed by atoms with E-state index >= 15 is 0 Å². The van der Waals surface area contributed by atoms with Crippen molar-refractivity contribution in [3.8, 4) is 16.8 Å². The van der Waals surface area contributed by atoms with Crippen LogP contribution >= 0.6 is 0 Å². The molecule has 0 aliphatic carbocycles. The molecule has 1 N–H and O–H groups in total. The first kappa shape index (κ1) is 12.5. The molecule has 0 saturated heterocycles. The van der Waals surface area contributed by atoms with E-state index in [4.69, 9.17) is 0 Å². The predicted octanol–water partition coefficient (Wildman–Crippen LogP) is 2.05. The van der Waals surface area contributed by atoms with Crippen LogP contribution in [0.5, 0.6) is 0 Å². The van der Waals surface area contributed by atoms with E-state index in [1.807, 2.05) is 43.4 Å². The molecule has 0 fully saturated rings. The lowest BCUT2D eigenvalue weighted by atomic mass is 10.0. The van der Waals surface area contributed by atoms with Crippen LogP contribution in [0.4, 0.5) is 0 Å². The van der Waals surface area contributed by atoms with Gasteiger partial charge in [0.1, 0.15) is 0 Å². The smallest absolute Gasteiger partial charge is 0.170 e. The van der Waals surface area contributed by atoms with Gasteiger partial charge in [-0.05, 0) is 29.1 Å². The Balaban J connectivity index is 2.13. The van der Waals surface area contributed by atoms with Crippen LogP contribution in [0.2, 0.25) is 0 Å². The number of benzene rings is 2. The molecule has 100 valence electrons. The highest BCUT2D eigenvalue weighted by atomic mass is 15.5. The van der Waals surface area contributed by atoms with Gasteiger partial charge in [-0.1, -0.05) is 48.5 Å². The second-order valence-electron chi connectivity index (χ2n) is 4.42. The van der Waals surface area contributed by atoms with Crippen molar-refractivity contribution in [3.05, 3.63) is 60.4 Å². The molecule has 3 aromatic rings. The molecular weight excluding hydrogens is 250 g/mol. The summed E-state index contributed by atoms with van der Waals surface area (Å²) in [5.74, 6) is 0.788. The standard InChI is InChI=1S/C15H15N5/c1-16-11-15-17-18-19-20(15)14-10-6-5-9-13(14)12-7-3-2-4-8-12/h2-10,16H,11H2,1H3. The molecule has 0 atom stereocenters. The molecule has 0 spiro atoms. The first-order valence-corrected chi connectivity index (χ1v) is 6.47. The summed E-state index contributed by atoms with van der Waals surface area (Å²) in [4.78, 5) is 0. The molecule has 0 saturated carbocycles. The molecule has 0 aliphatic heterocycles. The normalized spacial score (nSPS) is 10.7. The highest BCUT2D eigenvalue weighted by Gasteiger charge is 2.11. The van der Waals surface area contributed by atoms with E-state index in [0.29, 0.717) is 6.54 Å². The number of hydrogen-bond acceptors (Lipinski definition) is 4. The largest absolute Gasteiger partial charge is 0.313 e. The summed E-state index contributed by atoms with van der Waals surface area (Å²) in [5, 5.41) is 15.0. The summed E-state index contributed by atoms with van der Waals surface area (Å²) in [6, 6.07) is 18.4. The Hall–Kier alpha value is -2.53. The Morgan fingerprint density at radius 2 is 1.75 bits per heavy atom. The summed E-state index contributed by atoms with van der Waals surface area (Å²) in [6.45, 7) is 0.621. The Morgan fingerprint density at radius 1 is 1.00 bits per heavy atom. The number of hydrogen-bond donors (Lipinski definition) is 1. The SMILES string of the molecule is CNCc1nnnn1-c1ccccc1-c1ccccc1. The van der Waals surface area contributed by atoms with E-state index in [1.54, 1.807) is 4.68 Å². The van der Waals surface area contributed by atoms with E-state index in [9.17, 15) is 0 Å².